The van der Waals surface area contributed by atoms with Crippen LogP contribution in [-0.4, -0.2) is 37.7 Å². The van der Waals surface area contributed by atoms with Crippen molar-refractivity contribution in [3.8, 4) is 5.75 Å². The number of carbonyl (C=O) groups excluding carboxylic acids is 1. The largest absolute Gasteiger partial charge is 0.479 e. The van der Waals surface area contributed by atoms with Gasteiger partial charge in [0.15, 0.2) is 6.10 Å². The molecule has 1 aromatic heterocycles. The predicted molar refractivity (Wildman–Crippen MR) is 134 cm³/mol. The Hall–Kier alpha value is -2.93. The SMILES string of the molecule is CC(Oc1c(Cl)cccc1/C=N\NC(=O)c1cc(Br)ccc1NS(=O)(=O)c1cccs1)C(=O)O. The molecular formula is C21H17BrClN3O6S2. The summed E-state index contributed by atoms with van der Waals surface area (Å²) in [4.78, 5) is 23.9. The number of ether oxygens (including phenoxy) is 1. The number of rotatable bonds is 9. The van der Waals surface area contributed by atoms with Crippen molar-refractivity contribution < 1.29 is 27.9 Å². The number of halogens is 2. The molecule has 2 aromatic carbocycles. The van der Waals surface area contributed by atoms with Crippen molar-refractivity contribution in [2.75, 3.05) is 4.72 Å². The highest BCUT2D eigenvalue weighted by Crippen LogP contribution is 2.29. The molecule has 0 aliphatic carbocycles. The topological polar surface area (TPSA) is 134 Å². The lowest BCUT2D eigenvalue weighted by Crippen LogP contribution is -2.24. The maximum absolute atomic E-state index is 12.8. The summed E-state index contributed by atoms with van der Waals surface area (Å²) in [5.41, 5.74) is 2.73. The van der Waals surface area contributed by atoms with Crippen LogP contribution in [0.25, 0.3) is 0 Å². The second-order valence-corrected chi connectivity index (χ2v) is 10.9. The van der Waals surface area contributed by atoms with Gasteiger partial charge < -0.3 is 9.84 Å². The zero-order chi connectivity index (χ0) is 24.9. The number of nitrogens with one attached hydrogen (secondary N) is 2. The van der Waals surface area contributed by atoms with E-state index >= 15 is 0 Å². The lowest BCUT2D eigenvalue weighted by atomic mass is 10.2. The first-order chi connectivity index (χ1) is 16.1. The number of para-hydroxylation sites is 1. The minimum Gasteiger partial charge on any atom is -0.479 e. The van der Waals surface area contributed by atoms with E-state index in [9.17, 15) is 18.0 Å². The second-order valence-electron chi connectivity index (χ2n) is 6.68. The summed E-state index contributed by atoms with van der Waals surface area (Å²) in [7, 11) is -3.88. The van der Waals surface area contributed by atoms with Gasteiger partial charge in [-0.25, -0.2) is 18.6 Å². The summed E-state index contributed by atoms with van der Waals surface area (Å²) in [6, 6.07) is 12.2. The van der Waals surface area contributed by atoms with Crippen LogP contribution in [0.5, 0.6) is 5.75 Å². The Bertz CT molecular complexity index is 1350. The first-order valence-electron chi connectivity index (χ1n) is 9.45. The summed E-state index contributed by atoms with van der Waals surface area (Å²) in [5, 5.41) is 14.8. The normalized spacial score (nSPS) is 12.3. The maximum Gasteiger partial charge on any atom is 0.344 e. The molecule has 0 saturated carbocycles. The molecule has 178 valence electrons. The molecule has 3 N–H and O–H groups in total. The van der Waals surface area contributed by atoms with Gasteiger partial charge in [-0.2, -0.15) is 5.10 Å². The molecule has 0 fully saturated rings. The quantitative estimate of drug-likeness (QED) is 0.248. The molecule has 34 heavy (non-hydrogen) atoms. The second kappa shape index (κ2) is 11.0. The Morgan fingerprint density at radius 2 is 2.00 bits per heavy atom. The number of carbonyl (C=O) groups is 2. The molecule has 0 radical (unpaired) electrons. The van der Waals surface area contributed by atoms with Gasteiger partial charge in [0, 0.05) is 10.0 Å². The van der Waals surface area contributed by atoms with Gasteiger partial charge in [-0.15, -0.1) is 11.3 Å². The number of amides is 1. The number of benzene rings is 2. The zero-order valence-corrected chi connectivity index (χ0v) is 21.3. The molecule has 1 amide bonds. The van der Waals surface area contributed by atoms with E-state index in [0.717, 1.165) is 11.3 Å². The van der Waals surface area contributed by atoms with Crippen LogP contribution in [0.3, 0.4) is 0 Å². The van der Waals surface area contributed by atoms with Crippen molar-refractivity contribution in [3.05, 3.63) is 74.5 Å². The van der Waals surface area contributed by atoms with E-state index in [4.69, 9.17) is 21.4 Å². The Morgan fingerprint density at radius 1 is 1.24 bits per heavy atom. The fourth-order valence-electron chi connectivity index (χ4n) is 2.60. The number of carboxylic acids is 1. The highest BCUT2D eigenvalue weighted by molar-refractivity contribution is 9.10. The third-order valence-corrected chi connectivity index (χ3v) is 7.79. The first-order valence-corrected chi connectivity index (χ1v) is 13.0. The lowest BCUT2D eigenvalue weighted by Gasteiger charge is -2.14. The maximum atomic E-state index is 12.8. The van der Waals surface area contributed by atoms with Crippen molar-refractivity contribution in [2.45, 2.75) is 17.2 Å². The molecule has 9 nitrogen and oxygen atoms in total. The number of carboxylic acid groups (broad SMARTS) is 1. The van der Waals surface area contributed by atoms with E-state index < -0.39 is 28.0 Å². The molecule has 1 heterocycles. The fourth-order valence-corrected chi connectivity index (χ4v) is 5.26. The summed E-state index contributed by atoms with van der Waals surface area (Å²) in [6.07, 6.45) is 0.0727. The van der Waals surface area contributed by atoms with E-state index in [1.165, 1.54) is 37.4 Å². The van der Waals surface area contributed by atoms with E-state index in [2.05, 4.69) is 31.2 Å². The predicted octanol–water partition coefficient (Wildman–Crippen LogP) is 4.58. The minimum atomic E-state index is -3.88. The average Bonchev–Trinajstić information content (AvgIpc) is 3.33. The standard InChI is InChI=1S/C21H17BrClN3O6S2/c1-12(21(28)29)32-19-13(4-2-5-16(19)23)11-24-25-20(27)15-10-14(22)7-8-17(15)26-34(30,31)18-6-3-9-33-18/h2-12,26H,1H3,(H,25,27)(H,28,29)/b24-11-. The number of anilines is 1. The fraction of sp³-hybridized carbons (Fsp3) is 0.0952. The number of hydrogen-bond acceptors (Lipinski definition) is 7. The molecule has 0 aliphatic rings. The molecule has 0 saturated heterocycles. The third-order valence-electron chi connectivity index (χ3n) is 4.24. The molecule has 1 atom stereocenters. The van der Waals surface area contributed by atoms with Crippen LogP contribution >= 0.6 is 38.9 Å². The van der Waals surface area contributed by atoms with E-state index in [-0.39, 0.29) is 26.2 Å². The number of hydrogen-bond donors (Lipinski definition) is 3. The molecule has 13 heteroatoms. The van der Waals surface area contributed by atoms with Crippen LogP contribution in [0.4, 0.5) is 5.69 Å². The minimum absolute atomic E-state index is 0.0220. The summed E-state index contributed by atoms with van der Waals surface area (Å²) in [5.74, 6) is -1.78. The summed E-state index contributed by atoms with van der Waals surface area (Å²) in [6.45, 7) is 1.35. The zero-order valence-electron chi connectivity index (χ0n) is 17.4. The highest BCUT2D eigenvalue weighted by atomic mass is 79.9. The molecule has 1 unspecified atom stereocenters. The number of aliphatic carboxylic acids is 1. The van der Waals surface area contributed by atoms with E-state index in [1.54, 1.807) is 29.6 Å². The molecule has 3 rings (SSSR count). The molecule has 0 bridgehead atoms. The van der Waals surface area contributed by atoms with E-state index in [0.29, 0.717) is 10.0 Å². The van der Waals surface area contributed by atoms with Gasteiger partial charge in [0.2, 0.25) is 0 Å². The average molecular weight is 587 g/mol. The van der Waals surface area contributed by atoms with Gasteiger partial charge >= 0.3 is 5.97 Å². The van der Waals surface area contributed by atoms with Gasteiger partial charge in [0.05, 0.1) is 22.5 Å². The molecule has 0 aliphatic heterocycles. The van der Waals surface area contributed by atoms with Crippen LogP contribution in [0, 0.1) is 0 Å². The summed E-state index contributed by atoms with van der Waals surface area (Å²) >= 11 is 10.4. The van der Waals surface area contributed by atoms with Crippen LogP contribution in [0.1, 0.15) is 22.8 Å². The van der Waals surface area contributed by atoms with Crippen molar-refractivity contribution in [2.24, 2.45) is 5.10 Å². The van der Waals surface area contributed by atoms with Gasteiger partial charge in [0.1, 0.15) is 9.96 Å². The Kier molecular flexibility index (Phi) is 8.31. The van der Waals surface area contributed by atoms with Gasteiger partial charge in [-0.1, -0.05) is 39.7 Å². The Morgan fingerprint density at radius 3 is 2.68 bits per heavy atom. The third kappa shape index (κ3) is 6.35. The Labute approximate surface area is 212 Å². The van der Waals surface area contributed by atoms with E-state index in [1.807, 2.05) is 0 Å². The number of sulfonamides is 1. The number of hydrazone groups is 1. The molecule has 0 spiro atoms. The highest BCUT2D eigenvalue weighted by Gasteiger charge is 2.20. The number of thiophene rings is 1. The van der Waals surface area contributed by atoms with Gasteiger partial charge in [-0.3, -0.25) is 9.52 Å². The number of nitrogens with zero attached hydrogens (tertiary/aromatic N) is 1. The molecular weight excluding hydrogens is 570 g/mol. The monoisotopic (exact) mass is 585 g/mol. The smallest absolute Gasteiger partial charge is 0.344 e. The van der Waals surface area contributed by atoms with Crippen LogP contribution < -0.4 is 14.9 Å². The van der Waals surface area contributed by atoms with Crippen molar-refractivity contribution in [1.82, 2.24) is 5.43 Å². The van der Waals surface area contributed by atoms with Crippen LogP contribution in [0.2, 0.25) is 5.02 Å². The summed E-state index contributed by atoms with van der Waals surface area (Å²) < 4.78 is 33.6. The van der Waals surface area contributed by atoms with Gasteiger partial charge in [0.25, 0.3) is 15.9 Å². The lowest BCUT2D eigenvalue weighted by molar-refractivity contribution is -0.144. The van der Waals surface area contributed by atoms with Gasteiger partial charge in [-0.05, 0) is 48.7 Å². The van der Waals surface area contributed by atoms with Crippen LogP contribution in [-0.2, 0) is 14.8 Å². The van der Waals surface area contributed by atoms with Crippen molar-refractivity contribution in [1.29, 1.82) is 0 Å². The van der Waals surface area contributed by atoms with Crippen LogP contribution in [0.15, 0.2) is 67.7 Å². The molecule has 3 aromatic rings. The van der Waals surface area contributed by atoms with Crippen molar-refractivity contribution in [3.63, 3.8) is 0 Å². The Balaban J connectivity index is 1.82. The van der Waals surface area contributed by atoms with Crippen molar-refractivity contribution >= 4 is 72.7 Å². The first kappa shape index (κ1) is 25.7.